The highest BCUT2D eigenvalue weighted by atomic mass is 35.5. The predicted molar refractivity (Wildman–Crippen MR) is 93.7 cm³/mol. The average Bonchev–Trinajstić information content (AvgIpc) is 3.24. The summed E-state index contributed by atoms with van der Waals surface area (Å²) in [7, 11) is 0. The van der Waals surface area contributed by atoms with Crippen molar-refractivity contribution in [2.45, 2.75) is 18.3 Å². The molecule has 144 valence electrons. The quantitative estimate of drug-likeness (QED) is 0.680. The number of amides is 1. The van der Waals surface area contributed by atoms with Crippen LogP contribution in [-0.4, -0.2) is 49.0 Å². The van der Waals surface area contributed by atoms with Gasteiger partial charge in [0.05, 0.1) is 12.1 Å². The van der Waals surface area contributed by atoms with Crippen molar-refractivity contribution in [3.05, 3.63) is 58.9 Å². The lowest BCUT2D eigenvalue weighted by Gasteiger charge is -2.32. The molecule has 11 heteroatoms. The number of nitrogens with one attached hydrogen (secondary N) is 1. The fraction of sp³-hybridized carbons (Fsp3) is 0.176. The smallest absolute Gasteiger partial charge is 0.362 e. The van der Waals surface area contributed by atoms with Gasteiger partial charge in [0.2, 0.25) is 0 Å². The summed E-state index contributed by atoms with van der Waals surface area (Å²) in [4.78, 5) is 12.5. The molecule has 3 aromatic rings. The van der Waals surface area contributed by atoms with Gasteiger partial charge in [-0.25, -0.2) is 0 Å². The number of fused-ring (bicyclic) bond motifs is 1. The second-order valence-corrected chi connectivity index (χ2v) is 6.54. The van der Waals surface area contributed by atoms with E-state index in [9.17, 15) is 23.1 Å². The number of carbonyl (C=O) groups excluding carboxylic acids is 1. The lowest BCUT2D eigenvalue weighted by Crippen LogP contribution is -2.56. The summed E-state index contributed by atoms with van der Waals surface area (Å²) in [6, 6.07) is 12.2. The highest BCUT2D eigenvalue weighted by molar-refractivity contribution is 6.32. The Labute approximate surface area is 160 Å². The standard InChI is InChI=1S/C17H11ClF3N5O2/c18-14-13(22-25-23-14)15(27)26-16(28,17(19,20)21)8-12(24-26)11-6-5-9-3-1-2-4-10(9)7-11/h1-7,28H,8H2,(H,22,23,25)/t16-/m1/s1. The van der Waals surface area contributed by atoms with E-state index in [0.717, 1.165) is 10.8 Å². The van der Waals surface area contributed by atoms with Gasteiger partial charge in [-0.05, 0) is 22.4 Å². The number of aromatic nitrogens is 3. The maximum Gasteiger partial charge on any atom is 0.438 e. The molecule has 0 bridgehead atoms. The van der Waals surface area contributed by atoms with Crippen LogP contribution < -0.4 is 0 Å². The van der Waals surface area contributed by atoms with Gasteiger partial charge in [0.25, 0.3) is 5.72 Å². The van der Waals surface area contributed by atoms with Gasteiger partial charge < -0.3 is 5.11 Å². The minimum Gasteiger partial charge on any atom is -0.362 e. The molecule has 0 radical (unpaired) electrons. The summed E-state index contributed by atoms with van der Waals surface area (Å²) in [5, 5.41) is 24.2. The highest BCUT2D eigenvalue weighted by Crippen LogP contribution is 2.42. The summed E-state index contributed by atoms with van der Waals surface area (Å²) in [5.41, 5.74) is -3.86. The zero-order valence-corrected chi connectivity index (χ0v) is 14.7. The van der Waals surface area contributed by atoms with Gasteiger partial charge in [0, 0.05) is 0 Å². The summed E-state index contributed by atoms with van der Waals surface area (Å²) < 4.78 is 40.9. The molecule has 1 aliphatic rings. The van der Waals surface area contributed by atoms with Crippen molar-refractivity contribution in [1.82, 2.24) is 20.4 Å². The number of nitrogens with zero attached hydrogens (tertiary/aromatic N) is 4. The van der Waals surface area contributed by atoms with Crippen molar-refractivity contribution in [3.63, 3.8) is 0 Å². The van der Waals surface area contributed by atoms with E-state index in [-0.39, 0.29) is 10.7 Å². The van der Waals surface area contributed by atoms with Crippen LogP contribution in [-0.2, 0) is 0 Å². The Balaban J connectivity index is 1.80. The summed E-state index contributed by atoms with van der Waals surface area (Å²) in [6.45, 7) is 0. The Morgan fingerprint density at radius 2 is 1.89 bits per heavy atom. The van der Waals surface area contributed by atoms with Crippen LogP contribution in [0.3, 0.4) is 0 Å². The van der Waals surface area contributed by atoms with Crippen LogP contribution >= 0.6 is 11.6 Å². The minimum absolute atomic E-state index is 0.0404. The van der Waals surface area contributed by atoms with E-state index in [2.05, 4.69) is 15.3 Å². The van der Waals surface area contributed by atoms with Crippen molar-refractivity contribution in [3.8, 4) is 0 Å². The Hall–Kier alpha value is -2.98. The molecule has 0 aliphatic carbocycles. The van der Waals surface area contributed by atoms with Gasteiger partial charge in [0.15, 0.2) is 10.8 Å². The largest absolute Gasteiger partial charge is 0.438 e. The number of halogens is 4. The normalized spacial score (nSPS) is 19.9. The van der Waals surface area contributed by atoms with Gasteiger partial charge >= 0.3 is 12.1 Å². The molecule has 2 aromatic carbocycles. The molecule has 1 aliphatic heterocycles. The summed E-state index contributed by atoms with van der Waals surface area (Å²) in [6.07, 6.45) is -6.10. The van der Waals surface area contributed by atoms with Gasteiger partial charge in [-0.15, -0.1) is 10.2 Å². The zero-order chi connectivity index (χ0) is 20.1. The van der Waals surface area contributed by atoms with Crippen LogP contribution in [0.5, 0.6) is 0 Å². The molecule has 4 rings (SSSR count). The van der Waals surface area contributed by atoms with E-state index in [4.69, 9.17) is 11.6 Å². The monoisotopic (exact) mass is 409 g/mol. The Morgan fingerprint density at radius 1 is 1.18 bits per heavy atom. The minimum atomic E-state index is -5.17. The van der Waals surface area contributed by atoms with Crippen LogP contribution in [0.15, 0.2) is 47.6 Å². The van der Waals surface area contributed by atoms with Crippen LogP contribution in [0, 0.1) is 0 Å². The van der Waals surface area contributed by atoms with Gasteiger partial charge in [-0.3, -0.25) is 4.79 Å². The lowest BCUT2D eigenvalue weighted by molar-refractivity contribution is -0.297. The first-order valence-electron chi connectivity index (χ1n) is 7.97. The second kappa shape index (κ2) is 6.28. The maximum absolute atomic E-state index is 13.6. The molecule has 0 saturated heterocycles. The summed E-state index contributed by atoms with van der Waals surface area (Å²) >= 11 is 5.68. The van der Waals surface area contributed by atoms with E-state index < -0.39 is 35.1 Å². The molecular formula is C17H11ClF3N5O2. The van der Waals surface area contributed by atoms with Crippen molar-refractivity contribution in [2.24, 2.45) is 5.10 Å². The van der Waals surface area contributed by atoms with E-state index in [1.165, 1.54) is 0 Å². The van der Waals surface area contributed by atoms with E-state index >= 15 is 0 Å². The molecule has 2 N–H and O–H groups in total. The molecule has 0 saturated carbocycles. The van der Waals surface area contributed by atoms with Crippen molar-refractivity contribution in [1.29, 1.82) is 0 Å². The number of rotatable bonds is 2. The molecule has 0 fully saturated rings. The third-order valence-corrected chi connectivity index (χ3v) is 4.69. The number of hydrogen-bond acceptors (Lipinski definition) is 5. The number of benzene rings is 2. The number of aromatic amines is 1. The lowest BCUT2D eigenvalue weighted by atomic mass is 9.98. The van der Waals surface area contributed by atoms with E-state index in [1.807, 2.05) is 17.3 Å². The van der Waals surface area contributed by atoms with E-state index in [0.29, 0.717) is 5.56 Å². The Kier molecular flexibility index (Phi) is 4.12. The van der Waals surface area contributed by atoms with Crippen LogP contribution in [0.4, 0.5) is 13.2 Å². The van der Waals surface area contributed by atoms with Crippen LogP contribution in [0.2, 0.25) is 5.15 Å². The fourth-order valence-electron chi connectivity index (χ4n) is 2.96. The van der Waals surface area contributed by atoms with Crippen LogP contribution in [0.1, 0.15) is 22.5 Å². The number of aliphatic hydroxyl groups is 1. The van der Waals surface area contributed by atoms with Gasteiger partial charge in [0.1, 0.15) is 0 Å². The number of hydrogen-bond donors (Lipinski definition) is 2. The third kappa shape index (κ3) is 2.81. The topological polar surface area (TPSA) is 94.5 Å². The predicted octanol–water partition coefficient (Wildman–Crippen LogP) is 3.11. The Bertz CT molecular complexity index is 1110. The summed E-state index contributed by atoms with van der Waals surface area (Å²) in [5.74, 6) is -1.32. The number of alkyl halides is 3. The second-order valence-electron chi connectivity index (χ2n) is 6.18. The maximum atomic E-state index is 13.6. The zero-order valence-electron chi connectivity index (χ0n) is 13.9. The van der Waals surface area contributed by atoms with Gasteiger partial charge in [-0.2, -0.15) is 28.5 Å². The average molecular weight is 410 g/mol. The highest BCUT2D eigenvalue weighted by Gasteiger charge is 2.63. The SMILES string of the molecule is O=C(c1n[nH]nc1Cl)N1N=C(c2ccc3ccccc3c2)C[C@@]1(O)C(F)(F)F. The number of hydrazone groups is 1. The van der Waals surface area contributed by atoms with E-state index in [1.54, 1.807) is 30.3 Å². The van der Waals surface area contributed by atoms with Gasteiger partial charge in [-0.1, -0.05) is 48.0 Å². The first-order chi connectivity index (χ1) is 13.2. The Morgan fingerprint density at radius 3 is 2.54 bits per heavy atom. The fourth-order valence-corrected chi connectivity index (χ4v) is 3.12. The molecule has 1 atom stereocenters. The first kappa shape index (κ1) is 18.4. The molecule has 1 amide bonds. The number of H-pyrrole nitrogens is 1. The van der Waals surface area contributed by atoms with Crippen molar-refractivity contribution in [2.75, 3.05) is 0 Å². The molecule has 28 heavy (non-hydrogen) atoms. The van der Waals surface area contributed by atoms with Crippen molar-refractivity contribution >= 4 is 34.0 Å². The molecule has 1 aromatic heterocycles. The molecule has 2 heterocycles. The molecule has 0 unspecified atom stereocenters. The van der Waals surface area contributed by atoms with Crippen molar-refractivity contribution < 1.29 is 23.1 Å². The third-order valence-electron chi connectivity index (χ3n) is 4.42. The van der Waals surface area contributed by atoms with Crippen LogP contribution in [0.25, 0.3) is 10.8 Å². The molecule has 7 nitrogen and oxygen atoms in total. The number of carbonyl (C=O) groups is 1. The molecular weight excluding hydrogens is 399 g/mol. The first-order valence-corrected chi connectivity index (χ1v) is 8.35. The molecule has 0 spiro atoms.